The van der Waals surface area contributed by atoms with Gasteiger partial charge in [0.15, 0.2) is 15.9 Å². The average molecular weight is 300 g/mol. The van der Waals surface area contributed by atoms with Gasteiger partial charge in [0.1, 0.15) is 22.8 Å². The van der Waals surface area contributed by atoms with Crippen molar-refractivity contribution in [2.24, 2.45) is 0 Å². The fraction of sp³-hybridized carbons (Fsp3) is 0.600. The van der Waals surface area contributed by atoms with Gasteiger partial charge in [-0.25, -0.2) is 18.2 Å². The molecule has 2 aliphatic heterocycles. The lowest BCUT2D eigenvalue weighted by Gasteiger charge is -2.35. The first-order chi connectivity index (χ1) is 9.29. The maximum atomic E-state index is 12.5. The standard InChI is InChI=1S/C10H12N4O5S/c1-10(3-13-5-11-4-12-13)8(9(16)17)14-6(15)2-7(14)20(10,18)19/h4-5,7-8H,2-3H2,1H3,(H,16,17)/t7-,8+,10+/m1/s1. The molecule has 0 radical (unpaired) electrons. The number of carbonyl (C=O) groups excluding carboxylic acids is 1. The van der Waals surface area contributed by atoms with E-state index in [1.54, 1.807) is 0 Å². The Morgan fingerprint density at radius 1 is 1.60 bits per heavy atom. The number of carboxylic acid groups (broad SMARTS) is 1. The number of carboxylic acids is 1. The van der Waals surface area contributed by atoms with Crippen LogP contribution in [0.4, 0.5) is 0 Å². The van der Waals surface area contributed by atoms with E-state index in [2.05, 4.69) is 10.1 Å². The molecule has 0 saturated carbocycles. The molecular formula is C10H12N4O5S. The molecule has 2 aliphatic rings. The zero-order chi connectivity index (χ0) is 14.7. The molecule has 0 spiro atoms. The lowest BCUT2D eigenvalue weighted by atomic mass is 9.96. The highest BCUT2D eigenvalue weighted by Gasteiger charge is 2.70. The van der Waals surface area contributed by atoms with Gasteiger partial charge in [-0.2, -0.15) is 5.10 Å². The van der Waals surface area contributed by atoms with Gasteiger partial charge in [-0.3, -0.25) is 9.48 Å². The number of sulfone groups is 1. The first-order valence-electron chi connectivity index (χ1n) is 5.89. The van der Waals surface area contributed by atoms with Crippen molar-refractivity contribution in [1.82, 2.24) is 19.7 Å². The summed E-state index contributed by atoms with van der Waals surface area (Å²) in [7, 11) is -3.80. The van der Waals surface area contributed by atoms with Crippen LogP contribution in [0.1, 0.15) is 13.3 Å². The number of amides is 1. The molecule has 0 aromatic carbocycles. The highest BCUT2D eigenvalue weighted by molar-refractivity contribution is 7.93. The van der Waals surface area contributed by atoms with Gasteiger partial charge in [-0.15, -0.1) is 0 Å². The van der Waals surface area contributed by atoms with E-state index in [0.717, 1.165) is 4.90 Å². The minimum absolute atomic E-state index is 0.154. The second-order valence-electron chi connectivity index (χ2n) is 5.15. The van der Waals surface area contributed by atoms with Crippen LogP contribution in [-0.2, 0) is 26.0 Å². The lowest BCUT2D eigenvalue weighted by Crippen LogP contribution is -2.58. The maximum Gasteiger partial charge on any atom is 0.328 e. The predicted octanol–water partition coefficient (Wildman–Crippen LogP) is -1.52. The minimum Gasteiger partial charge on any atom is -0.480 e. The summed E-state index contributed by atoms with van der Waals surface area (Å²) in [6.07, 6.45) is 2.40. The number of fused-ring (bicyclic) bond motifs is 1. The normalized spacial score (nSPS) is 34.6. The van der Waals surface area contributed by atoms with Crippen LogP contribution in [0.2, 0.25) is 0 Å². The van der Waals surface area contributed by atoms with E-state index in [4.69, 9.17) is 0 Å². The molecule has 1 N–H and O–H groups in total. The van der Waals surface area contributed by atoms with E-state index < -0.39 is 37.9 Å². The molecule has 0 aliphatic carbocycles. The molecule has 2 saturated heterocycles. The molecule has 2 fully saturated rings. The number of aromatic nitrogens is 3. The molecule has 1 aromatic heterocycles. The third-order valence-electron chi connectivity index (χ3n) is 3.99. The molecule has 108 valence electrons. The summed E-state index contributed by atoms with van der Waals surface area (Å²) in [6.45, 7) is 1.18. The molecule has 10 heteroatoms. The smallest absolute Gasteiger partial charge is 0.328 e. The Morgan fingerprint density at radius 2 is 2.30 bits per heavy atom. The van der Waals surface area contributed by atoms with Crippen molar-refractivity contribution in [3.8, 4) is 0 Å². The van der Waals surface area contributed by atoms with Gasteiger partial charge < -0.3 is 10.0 Å². The van der Waals surface area contributed by atoms with Crippen LogP contribution in [0, 0.1) is 0 Å². The summed E-state index contributed by atoms with van der Waals surface area (Å²) in [5.74, 6) is -1.78. The quantitative estimate of drug-likeness (QED) is 0.672. The topological polar surface area (TPSA) is 122 Å². The number of nitrogens with zero attached hydrogens (tertiary/aromatic N) is 4. The second-order valence-corrected chi connectivity index (χ2v) is 7.72. The van der Waals surface area contributed by atoms with Crippen LogP contribution in [0.3, 0.4) is 0 Å². The van der Waals surface area contributed by atoms with Crippen molar-refractivity contribution >= 4 is 21.7 Å². The first-order valence-corrected chi connectivity index (χ1v) is 7.43. The summed E-state index contributed by atoms with van der Waals surface area (Å²) in [5, 5.41) is 12.1. The number of β-lactam (4-membered cyclic amide) rings is 1. The third kappa shape index (κ3) is 1.39. The molecule has 0 unspecified atom stereocenters. The summed E-state index contributed by atoms with van der Waals surface area (Å²) in [6, 6.07) is -1.40. The average Bonchev–Trinajstić information content (AvgIpc) is 2.87. The maximum absolute atomic E-state index is 12.5. The Balaban J connectivity index is 2.10. The highest BCUT2D eigenvalue weighted by atomic mass is 32.2. The van der Waals surface area contributed by atoms with Crippen molar-refractivity contribution in [2.75, 3.05) is 0 Å². The Bertz CT molecular complexity index is 685. The summed E-state index contributed by atoms with van der Waals surface area (Å²) >= 11 is 0. The Kier molecular flexibility index (Phi) is 2.46. The van der Waals surface area contributed by atoms with Crippen molar-refractivity contribution in [3.05, 3.63) is 12.7 Å². The molecule has 0 bridgehead atoms. The molecule has 20 heavy (non-hydrogen) atoms. The van der Waals surface area contributed by atoms with Crippen molar-refractivity contribution in [3.63, 3.8) is 0 Å². The van der Waals surface area contributed by atoms with Crippen LogP contribution in [0.15, 0.2) is 12.7 Å². The SMILES string of the molecule is C[C@]1(Cn2cncn2)[C@H](C(=O)O)N2C(=O)C[C@H]2S1(=O)=O. The monoisotopic (exact) mass is 300 g/mol. The summed E-state index contributed by atoms with van der Waals surface area (Å²) < 4.78 is 24.7. The number of hydrogen-bond donors (Lipinski definition) is 1. The van der Waals surface area contributed by atoms with Crippen LogP contribution in [0.25, 0.3) is 0 Å². The van der Waals surface area contributed by atoms with Gasteiger partial charge in [0.2, 0.25) is 5.91 Å². The minimum atomic E-state index is -3.80. The van der Waals surface area contributed by atoms with E-state index in [-0.39, 0.29) is 13.0 Å². The molecular weight excluding hydrogens is 288 g/mol. The van der Waals surface area contributed by atoms with Crippen molar-refractivity contribution in [1.29, 1.82) is 0 Å². The zero-order valence-corrected chi connectivity index (χ0v) is 11.3. The van der Waals surface area contributed by atoms with Crippen LogP contribution in [-0.4, -0.2) is 61.2 Å². The van der Waals surface area contributed by atoms with E-state index in [1.807, 2.05) is 0 Å². The Labute approximate surface area is 114 Å². The van der Waals surface area contributed by atoms with Crippen LogP contribution >= 0.6 is 0 Å². The number of carbonyl (C=O) groups is 2. The molecule has 3 heterocycles. The molecule has 1 aromatic rings. The fourth-order valence-electron chi connectivity index (χ4n) is 2.92. The molecule has 3 atom stereocenters. The van der Waals surface area contributed by atoms with Crippen LogP contribution < -0.4 is 0 Å². The van der Waals surface area contributed by atoms with E-state index in [1.165, 1.54) is 24.3 Å². The number of rotatable bonds is 3. The zero-order valence-electron chi connectivity index (χ0n) is 10.5. The summed E-state index contributed by atoms with van der Waals surface area (Å²) in [4.78, 5) is 27.7. The highest BCUT2D eigenvalue weighted by Crippen LogP contribution is 2.46. The van der Waals surface area contributed by atoms with Crippen molar-refractivity contribution < 1.29 is 23.1 Å². The molecule has 9 nitrogen and oxygen atoms in total. The molecule has 1 amide bonds. The van der Waals surface area contributed by atoms with Crippen molar-refractivity contribution in [2.45, 2.75) is 36.1 Å². The largest absolute Gasteiger partial charge is 0.480 e. The van der Waals surface area contributed by atoms with Gasteiger partial charge in [0.05, 0.1) is 13.0 Å². The number of hydrogen-bond acceptors (Lipinski definition) is 6. The van der Waals surface area contributed by atoms with Gasteiger partial charge >= 0.3 is 5.97 Å². The number of aliphatic carboxylic acids is 1. The molecule has 3 rings (SSSR count). The Morgan fingerprint density at radius 3 is 2.80 bits per heavy atom. The Hall–Kier alpha value is -1.97. The predicted molar refractivity (Wildman–Crippen MR) is 64.0 cm³/mol. The summed E-state index contributed by atoms with van der Waals surface area (Å²) in [5.41, 5.74) is 0. The fourth-order valence-corrected chi connectivity index (χ4v) is 5.28. The van der Waals surface area contributed by atoms with Gasteiger partial charge in [0, 0.05) is 0 Å². The van der Waals surface area contributed by atoms with Gasteiger partial charge in [-0.1, -0.05) is 0 Å². The first kappa shape index (κ1) is 13.0. The van der Waals surface area contributed by atoms with Gasteiger partial charge in [-0.05, 0) is 6.92 Å². The third-order valence-corrected chi connectivity index (χ3v) is 6.75. The van der Waals surface area contributed by atoms with E-state index in [0.29, 0.717) is 0 Å². The lowest BCUT2D eigenvalue weighted by molar-refractivity contribution is -0.157. The second kappa shape index (κ2) is 3.78. The van der Waals surface area contributed by atoms with Gasteiger partial charge in [0.25, 0.3) is 0 Å². The van der Waals surface area contributed by atoms with E-state index >= 15 is 0 Å². The van der Waals surface area contributed by atoms with E-state index in [9.17, 15) is 23.1 Å². The van der Waals surface area contributed by atoms with Crippen LogP contribution in [0.5, 0.6) is 0 Å².